The van der Waals surface area contributed by atoms with Crippen molar-refractivity contribution in [1.29, 1.82) is 0 Å². The summed E-state index contributed by atoms with van der Waals surface area (Å²) in [4.78, 5) is 0. The van der Waals surface area contributed by atoms with Crippen molar-refractivity contribution in [2.75, 3.05) is 6.54 Å². The Morgan fingerprint density at radius 1 is 1.19 bits per heavy atom. The van der Waals surface area contributed by atoms with Gasteiger partial charge in [-0.25, -0.2) is 4.39 Å². The topological polar surface area (TPSA) is 26.0 Å². The number of nitrogens with two attached hydrogens (primary N) is 1. The second-order valence-electron chi connectivity index (χ2n) is 5.91. The van der Waals surface area contributed by atoms with Crippen LogP contribution in [-0.4, -0.2) is 6.54 Å². The van der Waals surface area contributed by atoms with Gasteiger partial charge in [0, 0.05) is 17.0 Å². The van der Waals surface area contributed by atoms with Crippen LogP contribution >= 0.6 is 11.6 Å². The van der Waals surface area contributed by atoms with E-state index in [1.165, 1.54) is 23.3 Å². The van der Waals surface area contributed by atoms with E-state index in [1.807, 2.05) is 0 Å². The van der Waals surface area contributed by atoms with Crippen LogP contribution in [0.4, 0.5) is 4.39 Å². The predicted molar refractivity (Wildman–Crippen MR) is 85.2 cm³/mol. The van der Waals surface area contributed by atoms with Crippen molar-refractivity contribution in [3.05, 3.63) is 70.0 Å². The third-order valence-electron chi connectivity index (χ3n) is 4.62. The third kappa shape index (κ3) is 2.70. The monoisotopic (exact) mass is 303 g/mol. The van der Waals surface area contributed by atoms with Gasteiger partial charge in [-0.05, 0) is 60.6 Å². The Hall–Kier alpha value is -1.38. The molecule has 1 unspecified atom stereocenters. The summed E-state index contributed by atoms with van der Waals surface area (Å²) in [5.41, 5.74) is 9.53. The first-order chi connectivity index (χ1) is 10.1. The Balaban J connectivity index is 2.04. The fraction of sp³-hybridized carbons (Fsp3) is 0.333. The van der Waals surface area contributed by atoms with Crippen molar-refractivity contribution < 1.29 is 4.39 Å². The molecule has 3 heteroatoms. The first kappa shape index (κ1) is 14.6. The molecule has 2 aromatic rings. The van der Waals surface area contributed by atoms with Crippen molar-refractivity contribution in [1.82, 2.24) is 0 Å². The summed E-state index contributed by atoms with van der Waals surface area (Å²) in [6, 6.07) is 13.0. The number of hydrogen-bond acceptors (Lipinski definition) is 1. The van der Waals surface area contributed by atoms with E-state index in [-0.39, 0.29) is 11.2 Å². The summed E-state index contributed by atoms with van der Waals surface area (Å²) in [6.07, 6.45) is 3.92. The van der Waals surface area contributed by atoms with Crippen LogP contribution in [0.15, 0.2) is 42.5 Å². The molecule has 0 fully saturated rings. The fourth-order valence-corrected chi connectivity index (χ4v) is 3.70. The lowest BCUT2D eigenvalue weighted by atomic mass is 9.67. The summed E-state index contributed by atoms with van der Waals surface area (Å²) >= 11 is 6.25. The van der Waals surface area contributed by atoms with E-state index in [9.17, 15) is 4.39 Å². The smallest absolute Gasteiger partial charge is 0.123 e. The zero-order valence-electron chi connectivity index (χ0n) is 11.9. The summed E-state index contributed by atoms with van der Waals surface area (Å²) < 4.78 is 13.5. The van der Waals surface area contributed by atoms with Crippen LogP contribution in [0.1, 0.15) is 29.5 Å². The van der Waals surface area contributed by atoms with Gasteiger partial charge >= 0.3 is 0 Å². The minimum Gasteiger partial charge on any atom is -0.330 e. The average Bonchev–Trinajstić information content (AvgIpc) is 2.51. The van der Waals surface area contributed by atoms with Crippen LogP contribution in [0, 0.1) is 5.82 Å². The Bertz CT molecular complexity index is 655. The summed E-state index contributed by atoms with van der Waals surface area (Å²) in [5, 5.41) is 0.618. The van der Waals surface area contributed by atoms with Crippen molar-refractivity contribution >= 4 is 11.6 Å². The van der Waals surface area contributed by atoms with Crippen LogP contribution in [0.25, 0.3) is 0 Å². The van der Waals surface area contributed by atoms with Crippen LogP contribution in [0.2, 0.25) is 5.02 Å². The molecule has 0 saturated heterocycles. The van der Waals surface area contributed by atoms with Gasteiger partial charge in [-0.3, -0.25) is 0 Å². The molecule has 0 spiro atoms. The molecule has 0 bridgehead atoms. The molecule has 3 rings (SSSR count). The standard InChI is InChI=1S/C18H19ClFN/c19-17-8-7-15(20)10-14(17)11-18(12-21)9-3-5-13-4-1-2-6-16(13)18/h1-2,4,6-8,10H,3,5,9,11-12,21H2. The maximum Gasteiger partial charge on any atom is 0.123 e. The fourth-order valence-electron chi connectivity index (χ4n) is 3.52. The van der Waals surface area contributed by atoms with Crippen molar-refractivity contribution in [3.8, 4) is 0 Å². The normalized spacial score (nSPS) is 21.1. The van der Waals surface area contributed by atoms with Crippen molar-refractivity contribution in [2.24, 2.45) is 5.73 Å². The van der Waals surface area contributed by atoms with E-state index >= 15 is 0 Å². The SMILES string of the molecule is NCC1(Cc2cc(F)ccc2Cl)CCCc2ccccc21. The Morgan fingerprint density at radius 3 is 2.81 bits per heavy atom. The molecule has 1 nitrogen and oxygen atoms in total. The molecule has 0 aliphatic heterocycles. The quantitative estimate of drug-likeness (QED) is 0.901. The van der Waals surface area contributed by atoms with Gasteiger partial charge in [0.1, 0.15) is 5.82 Å². The molecule has 110 valence electrons. The van der Waals surface area contributed by atoms with Gasteiger partial charge in [0.05, 0.1) is 0 Å². The molecular formula is C18H19ClFN. The van der Waals surface area contributed by atoms with Gasteiger partial charge in [0.2, 0.25) is 0 Å². The summed E-state index contributed by atoms with van der Waals surface area (Å²) in [5.74, 6) is -0.245. The van der Waals surface area contributed by atoms with Gasteiger partial charge < -0.3 is 5.73 Å². The Kier molecular flexibility index (Phi) is 4.01. The maximum atomic E-state index is 13.5. The zero-order valence-corrected chi connectivity index (χ0v) is 12.7. The third-order valence-corrected chi connectivity index (χ3v) is 4.99. The number of benzene rings is 2. The second kappa shape index (κ2) is 5.78. The summed E-state index contributed by atoms with van der Waals surface area (Å²) in [6.45, 7) is 0.552. The van der Waals surface area contributed by atoms with Crippen LogP contribution in [0.5, 0.6) is 0 Å². The highest BCUT2D eigenvalue weighted by molar-refractivity contribution is 6.31. The average molecular weight is 304 g/mol. The molecule has 0 saturated carbocycles. The predicted octanol–water partition coefficient (Wildman–Crippen LogP) is 4.25. The van der Waals surface area contributed by atoms with Gasteiger partial charge in [0.25, 0.3) is 0 Å². The molecule has 1 aliphatic carbocycles. The van der Waals surface area contributed by atoms with E-state index in [0.29, 0.717) is 18.0 Å². The molecule has 0 aromatic heterocycles. The molecule has 0 radical (unpaired) electrons. The van der Waals surface area contributed by atoms with Gasteiger partial charge in [-0.2, -0.15) is 0 Å². The van der Waals surface area contributed by atoms with E-state index < -0.39 is 0 Å². The van der Waals surface area contributed by atoms with E-state index in [1.54, 1.807) is 6.07 Å². The van der Waals surface area contributed by atoms with Gasteiger partial charge in [0.15, 0.2) is 0 Å². The first-order valence-corrected chi connectivity index (χ1v) is 7.75. The Morgan fingerprint density at radius 2 is 2.00 bits per heavy atom. The Labute approximate surface area is 129 Å². The molecule has 2 N–H and O–H groups in total. The number of fused-ring (bicyclic) bond motifs is 1. The number of rotatable bonds is 3. The maximum absolute atomic E-state index is 13.5. The minimum atomic E-state index is -0.245. The second-order valence-corrected chi connectivity index (χ2v) is 6.31. The van der Waals surface area contributed by atoms with E-state index in [2.05, 4.69) is 24.3 Å². The molecule has 1 aliphatic rings. The van der Waals surface area contributed by atoms with E-state index in [4.69, 9.17) is 17.3 Å². The van der Waals surface area contributed by atoms with Crippen LogP contribution in [0.3, 0.4) is 0 Å². The number of halogens is 2. The lowest BCUT2D eigenvalue weighted by molar-refractivity contribution is 0.365. The molecule has 21 heavy (non-hydrogen) atoms. The number of hydrogen-bond donors (Lipinski definition) is 1. The minimum absolute atomic E-state index is 0.133. The molecule has 2 aromatic carbocycles. The highest BCUT2D eigenvalue weighted by Crippen LogP contribution is 2.40. The molecular weight excluding hydrogens is 285 g/mol. The van der Waals surface area contributed by atoms with Crippen molar-refractivity contribution in [3.63, 3.8) is 0 Å². The highest BCUT2D eigenvalue weighted by Gasteiger charge is 2.35. The van der Waals surface area contributed by atoms with Crippen LogP contribution < -0.4 is 5.73 Å². The first-order valence-electron chi connectivity index (χ1n) is 7.37. The zero-order chi connectivity index (χ0) is 14.9. The lowest BCUT2D eigenvalue weighted by Crippen LogP contribution is -2.40. The van der Waals surface area contributed by atoms with Gasteiger partial charge in [-0.15, -0.1) is 0 Å². The highest BCUT2D eigenvalue weighted by atomic mass is 35.5. The van der Waals surface area contributed by atoms with E-state index in [0.717, 1.165) is 24.8 Å². The van der Waals surface area contributed by atoms with Gasteiger partial charge in [-0.1, -0.05) is 35.9 Å². The lowest BCUT2D eigenvalue weighted by Gasteiger charge is -2.39. The molecule has 0 heterocycles. The molecule has 0 amide bonds. The summed E-state index contributed by atoms with van der Waals surface area (Å²) in [7, 11) is 0. The van der Waals surface area contributed by atoms with Crippen molar-refractivity contribution in [2.45, 2.75) is 31.1 Å². The number of aryl methyl sites for hydroxylation is 1. The largest absolute Gasteiger partial charge is 0.330 e. The molecule has 1 atom stereocenters. The van der Waals surface area contributed by atoms with Crippen LogP contribution in [-0.2, 0) is 18.3 Å².